The molecule has 1 rings (SSSR count). The van der Waals surface area contributed by atoms with Gasteiger partial charge in [-0.25, -0.2) is 0 Å². The van der Waals surface area contributed by atoms with Crippen LogP contribution in [0, 0.1) is 10.1 Å². The molecule has 5 heteroatoms. The topological polar surface area (TPSA) is 72.6 Å². The minimum absolute atomic E-state index is 0.104. The van der Waals surface area contributed by atoms with Gasteiger partial charge in [0.15, 0.2) is 11.5 Å². The summed E-state index contributed by atoms with van der Waals surface area (Å²) in [5, 5.41) is 19.5. The van der Waals surface area contributed by atoms with Crippen LogP contribution < -0.4 is 4.74 Å². The highest BCUT2D eigenvalue weighted by Crippen LogP contribution is 2.29. The van der Waals surface area contributed by atoms with Crippen molar-refractivity contribution in [1.29, 1.82) is 0 Å². The van der Waals surface area contributed by atoms with Crippen LogP contribution in [0.5, 0.6) is 11.5 Å². The first-order valence-electron chi connectivity index (χ1n) is 3.83. The first kappa shape index (κ1) is 10.0. The number of methoxy groups -OCH3 is 1. The van der Waals surface area contributed by atoms with Crippen molar-refractivity contribution in [3.05, 3.63) is 40.1 Å². The molecule has 0 fully saturated rings. The van der Waals surface area contributed by atoms with Crippen molar-refractivity contribution in [3.8, 4) is 11.5 Å². The molecule has 5 nitrogen and oxygen atoms in total. The summed E-state index contributed by atoms with van der Waals surface area (Å²) in [6, 6.07) is 4.76. The largest absolute Gasteiger partial charge is 0.504 e. The van der Waals surface area contributed by atoms with Crippen molar-refractivity contribution < 1.29 is 14.8 Å². The number of hydrogen-bond acceptors (Lipinski definition) is 4. The molecule has 0 aromatic heterocycles. The van der Waals surface area contributed by atoms with E-state index in [1.165, 1.54) is 13.2 Å². The molecule has 0 bridgehead atoms. The number of phenols is 1. The van der Waals surface area contributed by atoms with Crippen LogP contribution in [0.2, 0.25) is 0 Å². The second kappa shape index (κ2) is 4.27. The average Bonchev–Trinajstić information content (AvgIpc) is 2.16. The second-order valence-corrected chi connectivity index (χ2v) is 2.50. The van der Waals surface area contributed by atoms with Crippen molar-refractivity contribution in [1.82, 2.24) is 0 Å². The van der Waals surface area contributed by atoms with E-state index in [0.717, 1.165) is 6.20 Å². The summed E-state index contributed by atoms with van der Waals surface area (Å²) in [4.78, 5) is 9.45. The van der Waals surface area contributed by atoms with Crippen molar-refractivity contribution >= 4 is 6.08 Å². The monoisotopic (exact) mass is 195 g/mol. The lowest BCUT2D eigenvalue weighted by molar-refractivity contribution is -0.400. The summed E-state index contributed by atoms with van der Waals surface area (Å²) >= 11 is 0. The zero-order chi connectivity index (χ0) is 10.6. The van der Waals surface area contributed by atoms with Gasteiger partial charge in [0.05, 0.1) is 12.0 Å². The molecule has 0 spiro atoms. The van der Waals surface area contributed by atoms with Gasteiger partial charge < -0.3 is 9.84 Å². The summed E-state index contributed by atoms with van der Waals surface area (Å²) in [6.07, 6.45) is 1.96. The lowest BCUT2D eigenvalue weighted by Crippen LogP contribution is -1.86. The molecular weight excluding hydrogens is 186 g/mol. The molecule has 0 saturated carbocycles. The molecule has 0 heterocycles. The number of hydrogen-bond donors (Lipinski definition) is 1. The predicted molar refractivity (Wildman–Crippen MR) is 50.7 cm³/mol. The molecule has 1 aromatic rings. The van der Waals surface area contributed by atoms with Gasteiger partial charge in [-0.15, -0.1) is 0 Å². The van der Waals surface area contributed by atoms with Crippen LogP contribution in [0.15, 0.2) is 24.4 Å². The van der Waals surface area contributed by atoms with E-state index in [2.05, 4.69) is 0 Å². The molecule has 0 aliphatic carbocycles. The number of nitro groups is 1. The Balaban J connectivity index is 3.03. The highest BCUT2D eigenvalue weighted by molar-refractivity contribution is 5.60. The van der Waals surface area contributed by atoms with E-state index in [1.54, 1.807) is 18.2 Å². The van der Waals surface area contributed by atoms with E-state index in [4.69, 9.17) is 4.74 Å². The quantitative estimate of drug-likeness (QED) is 0.587. The Hall–Kier alpha value is -2.04. The third-order valence-electron chi connectivity index (χ3n) is 1.63. The van der Waals surface area contributed by atoms with Crippen LogP contribution in [0.1, 0.15) is 5.56 Å². The lowest BCUT2D eigenvalue weighted by atomic mass is 10.2. The molecular formula is C9H9NO4. The molecule has 0 unspecified atom stereocenters. The molecule has 0 radical (unpaired) electrons. The van der Waals surface area contributed by atoms with Crippen LogP contribution >= 0.6 is 0 Å². The summed E-state index contributed by atoms with van der Waals surface area (Å²) in [7, 11) is 1.41. The van der Waals surface area contributed by atoms with Gasteiger partial charge in [-0.2, -0.15) is 0 Å². The molecule has 0 atom stereocenters. The Kier molecular flexibility index (Phi) is 3.06. The lowest BCUT2D eigenvalue weighted by Gasteiger charge is -2.04. The molecule has 74 valence electrons. The number of nitrogens with zero attached hydrogens (tertiary/aromatic N) is 1. The van der Waals surface area contributed by atoms with Gasteiger partial charge in [0.25, 0.3) is 0 Å². The van der Waals surface area contributed by atoms with Crippen LogP contribution in [0.25, 0.3) is 6.08 Å². The molecule has 1 N–H and O–H groups in total. The van der Waals surface area contributed by atoms with E-state index in [-0.39, 0.29) is 11.5 Å². The van der Waals surface area contributed by atoms with Crippen LogP contribution in [-0.2, 0) is 0 Å². The van der Waals surface area contributed by atoms with Crippen LogP contribution in [0.3, 0.4) is 0 Å². The molecule has 0 aliphatic rings. The number of phenolic OH excluding ortho intramolecular Hbond substituents is 1. The van der Waals surface area contributed by atoms with Crippen molar-refractivity contribution in [2.45, 2.75) is 0 Å². The average molecular weight is 195 g/mol. The number of rotatable bonds is 3. The Bertz CT molecular complexity index is 373. The number of aromatic hydroxyl groups is 1. The number of para-hydroxylation sites is 1. The van der Waals surface area contributed by atoms with Gasteiger partial charge >= 0.3 is 0 Å². The maximum Gasteiger partial charge on any atom is 0.235 e. The number of ether oxygens (including phenoxy) is 1. The van der Waals surface area contributed by atoms with Gasteiger partial charge in [0.1, 0.15) is 0 Å². The summed E-state index contributed by atoms with van der Waals surface area (Å²) in [6.45, 7) is 0. The van der Waals surface area contributed by atoms with E-state index < -0.39 is 4.92 Å². The number of benzene rings is 1. The summed E-state index contributed by atoms with van der Waals surface area (Å²) in [5.74, 6) is 0.184. The first-order valence-corrected chi connectivity index (χ1v) is 3.83. The minimum Gasteiger partial charge on any atom is -0.504 e. The third-order valence-corrected chi connectivity index (χ3v) is 1.63. The fraction of sp³-hybridized carbons (Fsp3) is 0.111. The molecule has 14 heavy (non-hydrogen) atoms. The van der Waals surface area contributed by atoms with Crippen molar-refractivity contribution in [3.63, 3.8) is 0 Å². The normalized spacial score (nSPS) is 10.4. The Labute approximate surface area is 80.4 Å². The van der Waals surface area contributed by atoms with Gasteiger partial charge in [-0.1, -0.05) is 12.1 Å². The standard InChI is InChI=1S/C9H9NO4/c1-14-8-4-2-3-7(9(8)11)5-6-10(12)13/h2-6,11H,1H3. The van der Waals surface area contributed by atoms with E-state index in [0.29, 0.717) is 5.56 Å². The first-order chi connectivity index (χ1) is 6.65. The zero-order valence-electron chi connectivity index (χ0n) is 7.51. The molecule has 1 aromatic carbocycles. The maximum absolute atomic E-state index is 10.0. The third kappa shape index (κ3) is 2.22. The van der Waals surface area contributed by atoms with Crippen molar-refractivity contribution in [2.75, 3.05) is 7.11 Å². The van der Waals surface area contributed by atoms with Gasteiger partial charge in [0.2, 0.25) is 6.20 Å². The SMILES string of the molecule is COc1cccc(C=C[N+](=O)[O-])c1O. The maximum atomic E-state index is 10.0. The fourth-order valence-corrected chi connectivity index (χ4v) is 0.980. The smallest absolute Gasteiger partial charge is 0.235 e. The second-order valence-electron chi connectivity index (χ2n) is 2.50. The summed E-state index contributed by atoms with van der Waals surface area (Å²) < 4.78 is 4.84. The summed E-state index contributed by atoms with van der Waals surface area (Å²) in [5.41, 5.74) is 0.348. The van der Waals surface area contributed by atoms with Gasteiger partial charge in [-0.05, 0) is 6.07 Å². The van der Waals surface area contributed by atoms with Crippen molar-refractivity contribution in [2.24, 2.45) is 0 Å². The highest BCUT2D eigenvalue weighted by Gasteiger charge is 2.04. The fourth-order valence-electron chi connectivity index (χ4n) is 0.980. The predicted octanol–water partition coefficient (Wildman–Crippen LogP) is 1.65. The van der Waals surface area contributed by atoms with Crippen LogP contribution in [0.4, 0.5) is 0 Å². The zero-order valence-corrected chi connectivity index (χ0v) is 7.51. The van der Waals surface area contributed by atoms with Gasteiger partial charge in [0, 0.05) is 11.6 Å². The molecule has 0 aliphatic heterocycles. The Morgan fingerprint density at radius 1 is 1.57 bits per heavy atom. The van der Waals surface area contributed by atoms with E-state index in [9.17, 15) is 15.2 Å². The Morgan fingerprint density at radius 3 is 2.86 bits per heavy atom. The highest BCUT2D eigenvalue weighted by atomic mass is 16.6. The van der Waals surface area contributed by atoms with Gasteiger partial charge in [-0.3, -0.25) is 10.1 Å². The molecule has 0 saturated heterocycles. The molecule has 0 amide bonds. The van der Waals surface area contributed by atoms with Crippen LogP contribution in [-0.4, -0.2) is 17.1 Å². The Morgan fingerprint density at radius 2 is 2.29 bits per heavy atom. The van der Waals surface area contributed by atoms with E-state index >= 15 is 0 Å². The van der Waals surface area contributed by atoms with E-state index in [1.807, 2.05) is 0 Å². The minimum atomic E-state index is -0.598.